The first-order valence-corrected chi connectivity index (χ1v) is 6.81. The lowest BCUT2D eigenvalue weighted by Gasteiger charge is -2.07. The molecule has 0 amide bonds. The Hall–Kier alpha value is -2.65. The van der Waals surface area contributed by atoms with Crippen LogP contribution in [0, 0.1) is 17.2 Å². The first kappa shape index (κ1) is 17.4. The van der Waals surface area contributed by atoms with Gasteiger partial charge in [-0.2, -0.15) is 5.26 Å². The highest BCUT2D eigenvalue weighted by molar-refractivity contribution is 5.88. The predicted molar refractivity (Wildman–Crippen MR) is 78.3 cm³/mol. The van der Waals surface area contributed by atoms with Crippen molar-refractivity contribution in [2.24, 2.45) is 5.92 Å². The summed E-state index contributed by atoms with van der Waals surface area (Å²) >= 11 is 0. The van der Waals surface area contributed by atoms with Crippen LogP contribution >= 0.6 is 0 Å². The van der Waals surface area contributed by atoms with Crippen molar-refractivity contribution in [2.45, 2.75) is 12.8 Å². The van der Waals surface area contributed by atoms with Crippen LogP contribution in [-0.4, -0.2) is 25.0 Å². The molecule has 0 aliphatic heterocycles. The van der Waals surface area contributed by atoms with Crippen LogP contribution in [0.25, 0.3) is 0 Å². The Labute approximate surface area is 129 Å². The standard InChI is InChI=1S/C16H18N2O4/c1-12(18)14(10-17)15(19)11-22-16(20)8-5-9-21-13-6-3-2-4-7-13/h2-4,6-7,14H,1,5,8-9,11,18H2/p+1/t14-/m0/s1. The Kier molecular flexibility index (Phi) is 7.37. The van der Waals surface area contributed by atoms with Crippen molar-refractivity contribution in [3.8, 4) is 11.8 Å². The molecule has 0 bridgehead atoms. The number of ether oxygens (including phenoxy) is 2. The van der Waals surface area contributed by atoms with Crippen molar-refractivity contribution in [2.75, 3.05) is 13.2 Å². The van der Waals surface area contributed by atoms with Crippen LogP contribution in [0.3, 0.4) is 0 Å². The van der Waals surface area contributed by atoms with Crippen molar-refractivity contribution in [1.82, 2.24) is 0 Å². The molecule has 1 atom stereocenters. The summed E-state index contributed by atoms with van der Waals surface area (Å²) in [7, 11) is 0. The first-order chi connectivity index (χ1) is 10.5. The summed E-state index contributed by atoms with van der Waals surface area (Å²) in [6.07, 6.45) is 0.619. The average Bonchev–Trinajstić information content (AvgIpc) is 2.51. The maximum atomic E-state index is 11.6. The van der Waals surface area contributed by atoms with Crippen molar-refractivity contribution >= 4 is 11.8 Å². The molecule has 0 heterocycles. The van der Waals surface area contributed by atoms with Gasteiger partial charge in [-0.1, -0.05) is 18.2 Å². The van der Waals surface area contributed by atoms with Gasteiger partial charge in [-0.3, -0.25) is 9.59 Å². The largest absolute Gasteiger partial charge is 0.494 e. The molecular weight excluding hydrogens is 284 g/mol. The van der Waals surface area contributed by atoms with Gasteiger partial charge in [0.25, 0.3) is 0 Å². The number of rotatable bonds is 9. The van der Waals surface area contributed by atoms with Crippen molar-refractivity contribution in [1.29, 1.82) is 5.26 Å². The monoisotopic (exact) mass is 303 g/mol. The van der Waals surface area contributed by atoms with E-state index in [2.05, 4.69) is 12.3 Å². The summed E-state index contributed by atoms with van der Waals surface area (Å²) < 4.78 is 10.3. The number of Topliss-reactive ketones (excluding diaryl/α,β-unsaturated/α-hetero) is 1. The highest BCUT2D eigenvalue weighted by Gasteiger charge is 2.23. The number of carbonyl (C=O) groups is 2. The number of hydrogen-bond donors (Lipinski definition) is 1. The molecule has 1 aromatic rings. The average molecular weight is 303 g/mol. The number of nitriles is 1. The predicted octanol–water partition coefficient (Wildman–Crippen LogP) is 0.853. The Balaban J connectivity index is 2.20. The van der Waals surface area contributed by atoms with E-state index in [-0.39, 0.29) is 12.1 Å². The van der Waals surface area contributed by atoms with Crippen molar-refractivity contribution in [3.63, 3.8) is 0 Å². The molecule has 22 heavy (non-hydrogen) atoms. The molecule has 1 rings (SSSR count). The highest BCUT2D eigenvalue weighted by Crippen LogP contribution is 2.09. The summed E-state index contributed by atoms with van der Waals surface area (Å²) in [5.41, 5.74) is 3.65. The Morgan fingerprint density at radius 3 is 2.59 bits per heavy atom. The molecule has 0 aromatic heterocycles. The molecule has 6 nitrogen and oxygen atoms in total. The van der Waals surface area contributed by atoms with Crippen LogP contribution in [0.1, 0.15) is 12.8 Å². The third kappa shape index (κ3) is 6.20. The van der Waals surface area contributed by atoms with E-state index >= 15 is 0 Å². The first-order valence-electron chi connectivity index (χ1n) is 6.81. The molecular formula is C16H19N2O4+. The molecule has 116 valence electrons. The number of quaternary nitrogens is 1. The zero-order chi connectivity index (χ0) is 16.4. The topological polar surface area (TPSA) is 104 Å². The van der Waals surface area contributed by atoms with Crippen molar-refractivity contribution < 1.29 is 24.8 Å². The molecule has 0 unspecified atom stereocenters. The molecule has 3 N–H and O–H groups in total. The number of esters is 1. The van der Waals surface area contributed by atoms with E-state index < -0.39 is 24.3 Å². The minimum atomic E-state index is -1.03. The lowest BCUT2D eigenvalue weighted by Crippen LogP contribution is -2.51. The van der Waals surface area contributed by atoms with Gasteiger partial charge < -0.3 is 15.2 Å². The lowest BCUT2D eigenvalue weighted by molar-refractivity contribution is -0.309. The van der Waals surface area contributed by atoms with Crippen LogP contribution in [0.15, 0.2) is 42.6 Å². The minimum absolute atomic E-state index is 0.142. The normalized spacial score (nSPS) is 11.1. The second kappa shape index (κ2) is 9.32. The van der Waals surface area contributed by atoms with E-state index in [9.17, 15) is 9.59 Å². The zero-order valence-electron chi connectivity index (χ0n) is 12.3. The van der Waals surface area contributed by atoms with Crippen LogP contribution in [-0.2, 0) is 14.3 Å². The molecule has 0 saturated heterocycles. The van der Waals surface area contributed by atoms with E-state index in [4.69, 9.17) is 14.7 Å². The number of hydrogen-bond acceptors (Lipinski definition) is 5. The number of ketones is 1. The number of carbonyl (C=O) groups excluding carboxylic acids is 2. The van der Waals surface area contributed by atoms with Gasteiger partial charge >= 0.3 is 5.97 Å². The molecule has 0 radical (unpaired) electrons. The van der Waals surface area contributed by atoms with Crippen LogP contribution in [0.4, 0.5) is 0 Å². The summed E-state index contributed by atoms with van der Waals surface area (Å²) in [4.78, 5) is 23.1. The second-order valence-corrected chi connectivity index (χ2v) is 4.61. The Bertz CT molecular complexity index is 563. The molecule has 1 aromatic carbocycles. The summed E-state index contributed by atoms with van der Waals surface area (Å²) in [5, 5.41) is 8.78. The molecule has 0 fully saturated rings. The number of para-hydroxylation sites is 1. The summed E-state index contributed by atoms with van der Waals surface area (Å²) in [6, 6.07) is 11.0. The molecule has 0 spiro atoms. The van der Waals surface area contributed by atoms with Gasteiger partial charge in [-0.25, -0.2) is 0 Å². The fraction of sp³-hybridized carbons (Fsp3) is 0.312. The maximum Gasteiger partial charge on any atom is 0.306 e. The summed E-state index contributed by atoms with van der Waals surface area (Å²) in [6.45, 7) is 3.39. The maximum absolute atomic E-state index is 11.6. The number of benzene rings is 1. The lowest BCUT2D eigenvalue weighted by atomic mass is 10.0. The third-order valence-electron chi connectivity index (χ3n) is 2.77. The molecule has 0 aliphatic rings. The van der Waals surface area contributed by atoms with E-state index in [0.29, 0.717) is 13.0 Å². The fourth-order valence-electron chi connectivity index (χ4n) is 1.62. The molecule has 6 heteroatoms. The highest BCUT2D eigenvalue weighted by atomic mass is 16.5. The number of nitrogens with zero attached hydrogens (tertiary/aromatic N) is 1. The molecule has 0 aliphatic carbocycles. The molecule has 0 saturated carbocycles. The van der Waals surface area contributed by atoms with Gasteiger partial charge in [0.2, 0.25) is 0 Å². The SMILES string of the molecule is C=C([NH3+])[C@H](C#N)C(=O)COC(=O)CCCOc1ccccc1. The Morgan fingerprint density at radius 2 is 2.00 bits per heavy atom. The summed E-state index contributed by atoms with van der Waals surface area (Å²) in [5.74, 6) is -1.32. The van der Waals surface area contributed by atoms with Crippen molar-refractivity contribution in [3.05, 3.63) is 42.6 Å². The van der Waals surface area contributed by atoms with E-state index in [1.165, 1.54) is 0 Å². The van der Waals surface area contributed by atoms with E-state index in [1.807, 2.05) is 30.3 Å². The van der Waals surface area contributed by atoms with Crippen LogP contribution in [0.5, 0.6) is 5.75 Å². The van der Waals surface area contributed by atoms with Gasteiger partial charge in [0.15, 0.2) is 18.3 Å². The third-order valence-corrected chi connectivity index (χ3v) is 2.77. The van der Waals surface area contributed by atoms with Crippen LogP contribution in [0.2, 0.25) is 0 Å². The van der Waals surface area contributed by atoms with E-state index in [0.717, 1.165) is 5.75 Å². The Morgan fingerprint density at radius 1 is 1.32 bits per heavy atom. The van der Waals surface area contributed by atoms with Gasteiger partial charge in [-0.15, -0.1) is 0 Å². The van der Waals surface area contributed by atoms with Gasteiger partial charge in [0.05, 0.1) is 12.7 Å². The number of allylic oxidation sites excluding steroid dienone is 1. The van der Waals surface area contributed by atoms with Crippen LogP contribution < -0.4 is 10.5 Å². The van der Waals surface area contributed by atoms with Gasteiger partial charge in [-0.05, 0) is 25.1 Å². The minimum Gasteiger partial charge on any atom is -0.494 e. The zero-order valence-corrected chi connectivity index (χ0v) is 12.3. The quantitative estimate of drug-likeness (QED) is 0.538. The second-order valence-electron chi connectivity index (χ2n) is 4.61. The van der Waals surface area contributed by atoms with Gasteiger partial charge in [0.1, 0.15) is 11.4 Å². The fourth-order valence-corrected chi connectivity index (χ4v) is 1.62. The van der Waals surface area contributed by atoms with Gasteiger partial charge in [0, 0.05) is 6.42 Å². The smallest absolute Gasteiger partial charge is 0.306 e. The van der Waals surface area contributed by atoms with E-state index in [1.54, 1.807) is 6.07 Å².